The van der Waals surface area contributed by atoms with Gasteiger partial charge < -0.3 is 4.57 Å². The molecule has 0 aliphatic heterocycles. The molecular weight excluding hydrogens is 278 g/mol. The van der Waals surface area contributed by atoms with E-state index < -0.39 is 0 Å². The Kier molecular flexibility index (Phi) is 2.31. The Morgan fingerprint density at radius 2 is 1.09 bits per heavy atom. The quantitative estimate of drug-likeness (QED) is 0.541. The highest BCUT2D eigenvalue weighted by Crippen LogP contribution is 2.60. The van der Waals surface area contributed by atoms with Gasteiger partial charge in [-0.3, -0.25) is 0 Å². The van der Waals surface area contributed by atoms with E-state index in [9.17, 15) is 0 Å². The van der Waals surface area contributed by atoms with Crippen LogP contribution in [0.15, 0.2) is 48.5 Å². The van der Waals surface area contributed by atoms with Crippen molar-refractivity contribution in [1.29, 1.82) is 0 Å². The number of rotatable bonds is 1. The second kappa shape index (κ2) is 4.20. The summed E-state index contributed by atoms with van der Waals surface area (Å²) in [6.07, 6.45) is 8.79. The number of para-hydroxylation sites is 2. The molecule has 1 nitrogen and oxygen atoms in total. The van der Waals surface area contributed by atoms with Crippen LogP contribution in [0.1, 0.15) is 38.5 Å². The second-order valence-electron chi connectivity index (χ2n) is 8.51. The van der Waals surface area contributed by atoms with Crippen molar-refractivity contribution in [1.82, 2.24) is 4.57 Å². The van der Waals surface area contributed by atoms with Crippen LogP contribution in [0.4, 0.5) is 0 Å². The topological polar surface area (TPSA) is 4.93 Å². The fraction of sp³-hybridized carbons (Fsp3) is 0.455. The summed E-state index contributed by atoms with van der Waals surface area (Å²) in [7, 11) is 0. The van der Waals surface area contributed by atoms with E-state index in [2.05, 4.69) is 53.1 Å². The molecule has 2 aromatic carbocycles. The van der Waals surface area contributed by atoms with Gasteiger partial charge in [0.25, 0.3) is 0 Å². The highest BCUT2D eigenvalue weighted by molar-refractivity contribution is 6.08. The largest absolute Gasteiger partial charge is 0.334 e. The summed E-state index contributed by atoms with van der Waals surface area (Å²) in [4.78, 5) is 0. The molecule has 0 N–H and O–H groups in total. The molecule has 116 valence electrons. The molecule has 0 radical (unpaired) electrons. The van der Waals surface area contributed by atoms with E-state index in [4.69, 9.17) is 0 Å². The summed E-state index contributed by atoms with van der Waals surface area (Å²) in [5.41, 5.74) is 3.34. The van der Waals surface area contributed by atoms with Gasteiger partial charge in [-0.05, 0) is 68.4 Å². The molecule has 3 aromatic rings. The molecule has 0 amide bonds. The minimum absolute atomic E-state index is 0.400. The van der Waals surface area contributed by atoms with Crippen LogP contribution in [0.2, 0.25) is 0 Å². The fourth-order valence-corrected chi connectivity index (χ4v) is 6.77. The van der Waals surface area contributed by atoms with E-state index in [0.29, 0.717) is 5.54 Å². The lowest BCUT2D eigenvalue weighted by molar-refractivity contribution is -0.0387. The van der Waals surface area contributed by atoms with E-state index in [1.54, 1.807) is 0 Å². The molecule has 23 heavy (non-hydrogen) atoms. The average Bonchev–Trinajstić information content (AvgIpc) is 2.89. The van der Waals surface area contributed by atoms with Crippen LogP contribution in [0.5, 0.6) is 0 Å². The molecule has 4 aliphatic rings. The molecule has 1 heterocycles. The van der Waals surface area contributed by atoms with Crippen molar-refractivity contribution >= 4 is 21.8 Å². The van der Waals surface area contributed by atoms with Crippen molar-refractivity contribution in [3.05, 3.63) is 48.5 Å². The van der Waals surface area contributed by atoms with Crippen LogP contribution in [0.25, 0.3) is 21.8 Å². The van der Waals surface area contributed by atoms with Crippen molar-refractivity contribution in [2.45, 2.75) is 44.1 Å². The van der Waals surface area contributed by atoms with E-state index in [1.165, 1.54) is 60.3 Å². The minimum atomic E-state index is 0.400. The van der Waals surface area contributed by atoms with E-state index >= 15 is 0 Å². The van der Waals surface area contributed by atoms with E-state index in [-0.39, 0.29) is 0 Å². The van der Waals surface area contributed by atoms with Gasteiger partial charge in [0, 0.05) is 27.3 Å². The van der Waals surface area contributed by atoms with Crippen molar-refractivity contribution < 1.29 is 0 Å². The molecule has 0 unspecified atom stereocenters. The summed E-state index contributed by atoms with van der Waals surface area (Å²) < 4.78 is 2.78. The van der Waals surface area contributed by atoms with Crippen LogP contribution >= 0.6 is 0 Å². The van der Waals surface area contributed by atoms with Crippen molar-refractivity contribution in [3.8, 4) is 0 Å². The standard InChI is InChI=1S/C22H23N/c1-3-7-20-18(5-1)19-6-2-4-8-21(19)23(20)22-12-15-9-16(13-22)11-17(10-15)14-22/h1-8,15-17H,9-14H2. The first-order valence-corrected chi connectivity index (χ1v) is 9.31. The van der Waals surface area contributed by atoms with Gasteiger partial charge in [-0.1, -0.05) is 36.4 Å². The van der Waals surface area contributed by atoms with Gasteiger partial charge in [0.1, 0.15) is 0 Å². The predicted octanol–water partition coefficient (Wildman–Crippen LogP) is 5.72. The molecule has 1 aromatic heterocycles. The Hall–Kier alpha value is -1.76. The SMILES string of the molecule is c1ccc2c(c1)c1ccccc1n2C12CC3CC(CC(C3)C1)C2. The lowest BCUT2D eigenvalue weighted by Crippen LogP contribution is -2.51. The summed E-state index contributed by atoms with van der Waals surface area (Å²) >= 11 is 0. The molecule has 4 aliphatic carbocycles. The number of hydrogen-bond acceptors (Lipinski definition) is 0. The summed E-state index contributed by atoms with van der Waals surface area (Å²) in [6.45, 7) is 0. The third kappa shape index (κ3) is 1.58. The van der Waals surface area contributed by atoms with Crippen molar-refractivity contribution in [2.24, 2.45) is 17.8 Å². The molecular formula is C22H23N. The first-order chi connectivity index (χ1) is 11.3. The zero-order valence-electron chi connectivity index (χ0n) is 13.5. The molecule has 4 saturated carbocycles. The average molecular weight is 301 g/mol. The van der Waals surface area contributed by atoms with Gasteiger partial charge >= 0.3 is 0 Å². The maximum absolute atomic E-state index is 2.78. The number of nitrogens with zero attached hydrogens (tertiary/aromatic N) is 1. The Balaban J connectivity index is 1.69. The minimum Gasteiger partial charge on any atom is -0.334 e. The lowest BCUT2D eigenvalue weighted by atomic mass is 9.53. The number of aromatic nitrogens is 1. The zero-order chi connectivity index (χ0) is 15.0. The molecule has 1 heteroatoms. The van der Waals surface area contributed by atoms with Gasteiger partial charge in [-0.15, -0.1) is 0 Å². The Morgan fingerprint density at radius 3 is 1.57 bits per heavy atom. The molecule has 7 rings (SSSR count). The van der Waals surface area contributed by atoms with Gasteiger partial charge in [-0.25, -0.2) is 0 Å². The smallest absolute Gasteiger partial charge is 0.0496 e. The monoisotopic (exact) mass is 301 g/mol. The van der Waals surface area contributed by atoms with Crippen LogP contribution in [-0.4, -0.2) is 4.57 Å². The fourth-order valence-electron chi connectivity index (χ4n) is 6.77. The lowest BCUT2D eigenvalue weighted by Gasteiger charge is -2.57. The number of benzene rings is 2. The van der Waals surface area contributed by atoms with E-state index in [0.717, 1.165) is 17.8 Å². The highest BCUT2D eigenvalue weighted by atomic mass is 15.1. The predicted molar refractivity (Wildman–Crippen MR) is 95.6 cm³/mol. The number of fused-ring (bicyclic) bond motifs is 3. The Bertz CT molecular complexity index is 827. The first-order valence-electron chi connectivity index (χ1n) is 9.31. The first kappa shape index (κ1) is 12.6. The Morgan fingerprint density at radius 1 is 0.652 bits per heavy atom. The normalized spacial score (nSPS) is 35.4. The van der Waals surface area contributed by atoms with Crippen LogP contribution in [0.3, 0.4) is 0 Å². The van der Waals surface area contributed by atoms with Gasteiger partial charge in [0.2, 0.25) is 0 Å². The zero-order valence-corrected chi connectivity index (χ0v) is 13.5. The maximum Gasteiger partial charge on any atom is 0.0496 e. The van der Waals surface area contributed by atoms with Crippen LogP contribution in [-0.2, 0) is 5.54 Å². The van der Waals surface area contributed by atoms with Gasteiger partial charge in [0.15, 0.2) is 0 Å². The van der Waals surface area contributed by atoms with Gasteiger partial charge in [0.05, 0.1) is 0 Å². The van der Waals surface area contributed by atoms with E-state index in [1.807, 2.05) is 0 Å². The summed E-state index contributed by atoms with van der Waals surface area (Å²) in [6, 6.07) is 18.2. The van der Waals surface area contributed by atoms with Crippen LogP contribution in [0, 0.1) is 17.8 Å². The molecule has 0 spiro atoms. The Labute approximate surface area is 137 Å². The molecule has 0 saturated heterocycles. The van der Waals surface area contributed by atoms with Gasteiger partial charge in [-0.2, -0.15) is 0 Å². The number of hydrogen-bond donors (Lipinski definition) is 0. The molecule has 0 atom stereocenters. The molecule has 4 fully saturated rings. The van der Waals surface area contributed by atoms with Crippen LogP contribution < -0.4 is 0 Å². The van der Waals surface area contributed by atoms with Crippen molar-refractivity contribution in [3.63, 3.8) is 0 Å². The second-order valence-corrected chi connectivity index (χ2v) is 8.51. The molecule has 4 bridgehead atoms. The summed E-state index contributed by atoms with van der Waals surface area (Å²) in [5.74, 6) is 2.96. The highest BCUT2D eigenvalue weighted by Gasteiger charge is 2.52. The third-order valence-electron chi connectivity index (χ3n) is 7.06. The summed E-state index contributed by atoms with van der Waals surface area (Å²) in [5, 5.41) is 2.89. The van der Waals surface area contributed by atoms with Crippen molar-refractivity contribution in [2.75, 3.05) is 0 Å². The third-order valence-corrected chi connectivity index (χ3v) is 7.06. The maximum atomic E-state index is 2.78.